The van der Waals surface area contributed by atoms with E-state index < -0.39 is 30.4 Å². The summed E-state index contributed by atoms with van der Waals surface area (Å²) < 4.78 is 24.5. The molecule has 1 aromatic heterocycles. The SMILES string of the molecule is CSc1nc(SC)c(C#N)c([C@H]2O[C@@H]3OC(C)(C)O[C@@H]3[C@H]2OCc2ccccc2)n1. The number of fused-ring (bicyclic) bond motifs is 1. The predicted octanol–water partition coefficient (Wildman–Crippen LogP) is 3.93. The lowest BCUT2D eigenvalue weighted by Crippen LogP contribution is -2.34. The monoisotopic (exact) mass is 445 g/mol. The molecule has 0 aliphatic carbocycles. The second kappa shape index (κ2) is 8.83. The van der Waals surface area contributed by atoms with Crippen LogP contribution >= 0.6 is 23.5 Å². The third kappa shape index (κ3) is 4.21. The second-order valence-corrected chi connectivity index (χ2v) is 8.95. The van der Waals surface area contributed by atoms with Crippen molar-refractivity contribution in [2.24, 2.45) is 0 Å². The van der Waals surface area contributed by atoms with Crippen molar-refractivity contribution in [3.05, 3.63) is 47.2 Å². The van der Waals surface area contributed by atoms with Gasteiger partial charge in [0.25, 0.3) is 0 Å². The Labute approximate surface area is 184 Å². The first-order valence-corrected chi connectivity index (χ1v) is 12.0. The molecule has 2 aliphatic rings. The second-order valence-electron chi connectivity index (χ2n) is 7.38. The fraction of sp³-hybridized carbons (Fsp3) is 0.476. The highest BCUT2D eigenvalue weighted by Gasteiger charge is 2.56. The summed E-state index contributed by atoms with van der Waals surface area (Å²) in [6.07, 6.45) is 1.68. The maximum Gasteiger partial charge on any atom is 0.190 e. The molecule has 2 fully saturated rings. The highest BCUT2D eigenvalue weighted by molar-refractivity contribution is 7.99. The average molecular weight is 446 g/mol. The first-order valence-electron chi connectivity index (χ1n) is 9.52. The molecule has 2 saturated heterocycles. The number of aromatic nitrogens is 2. The van der Waals surface area contributed by atoms with Gasteiger partial charge in [-0.2, -0.15) is 5.26 Å². The molecule has 4 rings (SSSR count). The molecular formula is C21H23N3O4S2. The molecule has 0 unspecified atom stereocenters. The number of benzene rings is 1. The number of thioether (sulfide) groups is 2. The fourth-order valence-corrected chi connectivity index (χ4v) is 4.60. The zero-order valence-corrected chi connectivity index (χ0v) is 18.8. The number of nitriles is 1. The molecule has 0 saturated carbocycles. The van der Waals surface area contributed by atoms with Crippen LogP contribution < -0.4 is 0 Å². The highest BCUT2D eigenvalue weighted by Crippen LogP contribution is 2.45. The van der Waals surface area contributed by atoms with E-state index in [1.165, 1.54) is 23.5 Å². The lowest BCUT2D eigenvalue weighted by Gasteiger charge is -2.26. The van der Waals surface area contributed by atoms with Crippen molar-refractivity contribution in [1.29, 1.82) is 5.26 Å². The summed E-state index contributed by atoms with van der Waals surface area (Å²) >= 11 is 2.83. The quantitative estimate of drug-likeness (QED) is 0.373. The molecule has 0 N–H and O–H groups in total. The number of rotatable bonds is 6. The Kier molecular flexibility index (Phi) is 6.34. The molecule has 1 aromatic carbocycles. The van der Waals surface area contributed by atoms with Crippen molar-refractivity contribution in [3.8, 4) is 6.07 Å². The van der Waals surface area contributed by atoms with Gasteiger partial charge in [0, 0.05) is 0 Å². The zero-order chi connectivity index (χ0) is 21.3. The van der Waals surface area contributed by atoms with Crippen molar-refractivity contribution in [2.75, 3.05) is 12.5 Å². The van der Waals surface area contributed by atoms with Crippen LogP contribution in [0.15, 0.2) is 40.5 Å². The highest BCUT2D eigenvalue weighted by atomic mass is 32.2. The Bertz CT molecular complexity index is 951. The standard InChI is InChI=1S/C21H23N3O4S2/c1-21(2)27-17-16(25-11-12-8-6-5-7-9-12)15(26-19(17)28-21)14-13(10-22)18(29-3)24-20(23-14)30-4/h5-9,15-17,19H,11H2,1-4H3/t15-,16+,17-,19-/m1/s1. The van der Waals surface area contributed by atoms with Gasteiger partial charge >= 0.3 is 0 Å². The number of ether oxygens (including phenoxy) is 4. The van der Waals surface area contributed by atoms with Crippen molar-refractivity contribution >= 4 is 23.5 Å². The van der Waals surface area contributed by atoms with Crippen LogP contribution in [0.4, 0.5) is 0 Å². The van der Waals surface area contributed by atoms with Gasteiger partial charge in [-0.25, -0.2) is 9.97 Å². The largest absolute Gasteiger partial charge is 0.367 e. The molecule has 0 radical (unpaired) electrons. The molecule has 9 heteroatoms. The molecule has 7 nitrogen and oxygen atoms in total. The summed E-state index contributed by atoms with van der Waals surface area (Å²) in [7, 11) is 0. The number of hydrogen-bond acceptors (Lipinski definition) is 9. The maximum atomic E-state index is 9.83. The summed E-state index contributed by atoms with van der Waals surface area (Å²) in [4.78, 5) is 9.08. The van der Waals surface area contributed by atoms with Gasteiger partial charge in [-0.1, -0.05) is 42.1 Å². The third-order valence-corrected chi connectivity index (χ3v) is 6.15. The predicted molar refractivity (Wildman–Crippen MR) is 113 cm³/mol. The van der Waals surface area contributed by atoms with E-state index >= 15 is 0 Å². The Morgan fingerprint density at radius 1 is 1.13 bits per heavy atom. The molecule has 0 spiro atoms. The van der Waals surface area contributed by atoms with E-state index in [1.807, 2.05) is 56.7 Å². The van der Waals surface area contributed by atoms with E-state index in [2.05, 4.69) is 16.0 Å². The van der Waals surface area contributed by atoms with Crippen LogP contribution in [0, 0.1) is 11.3 Å². The minimum atomic E-state index is -0.771. The summed E-state index contributed by atoms with van der Waals surface area (Å²) in [6.45, 7) is 4.08. The minimum Gasteiger partial charge on any atom is -0.367 e. The Balaban J connectivity index is 1.70. The summed E-state index contributed by atoms with van der Waals surface area (Å²) in [6, 6.07) is 12.2. The van der Waals surface area contributed by atoms with Crippen molar-refractivity contribution in [2.45, 2.75) is 61.0 Å². The average Bonchev–Trinajstić information content (AvgIpc) is 3.23. The van der Waals surface area contributed by atoms with Crippen LogP contribution in [-0.2, 0) is 25.6 Å². The third-order valence-electron chi connectivity index (χ3n) is 4.92. The molecule has 2 aliphatic heterocycles. The van der Waals surface area contributed by atoms with Gasteiger partial charge in [0.05, 0.1) is 12.3 Å². The fourth-order valence-electron chi connectivity index (χ4n) is 3.63. The smallest absolute Gasteiger partial charge is 0.190 e. The van der Waals surface area contributed by atoms with Crippen molar-refractivity contribution in [3.63, 3.8) is 0 Å². The first kappa shape index (κ1) is 21.6. The number of hydrogen-bond donors (Lipinski definition) is 0. The molecule has 4 atom stereocenters. The lowest BCUT2D eigenvalue weighted by atomic mass is 10.0. The first-order chi connectivity index (χ1) is 14.5. The molecule has 0 amide bonds. The van der Waals surface area contributed by atoms with E-state index in [1.54, 1.807) is 0 Å². The van der Waals surface area contributed by atoms with Crippen LogP contribution in [-0.4, -0.2) is 46.8 Å². The van der Waals surface area contributed by atoms with Gasteiger partial charge in [0.15, 0.2) is 17.2 Å². The molecule has 0 bridgehead atoms. The van der Waals surface area contributed by atoms with Crippen LogP contribution in [0.2, 0.25) is 0 Å². The molecular weight excluding hydrogens is 422 g/mol. The van der Waals surface area contributed by atoms with Gasteiger partial charge in [-0.15, -0.1) is 11.8 Å². The summed E-state index contributed by atoms with van der Waals surface area (Å²) in [5.74, 6) is -0.771. The molecule has 3 heterocycles. The van der Waals surface area contributed by atoms with E-state index in [-0.39, 0.29) is 0 Å². The Morgan fingerprint density at radius 2 is 1.90 bits per heavy atom. The van der Waals surface area contributed by atoms with Crippen molar-refractivity contribution < 1.29 is 18.9 Å². The van der Waals surface area contributed by atoms with E-state index in [0.29, 0.717) is 28.0 Å². The summed E-state index contributed by atoms with van der Waals surface area (Å²) in [5, 5.41) is 11.0. The molecule has 158 valence electrons. The Hall–Kier alpha value is -1.67. The molecule has 30 heavy (non-hydrogen) atoms. The van der Waals surface area contributed by atoms with Gasteiger partial charge in [-0.3, -0.25) is 0 Å². The topological polar surface area (TPSA) is 86.5 Å². The molecule has 2 aromatic rings. The normalized spacial score (nSPS) is 27.0. The maximum absolute atomic E-state index is 9.83. The van der Waals surface area contributed by atoms with Crippen LogP contribution in [0.25, 0.3) is 0 Å². The number of nitrogens with zero attached hydrogens (tertiary/aromatic N) is 3. The van der Waals surface area contributed by atoms with E-state index in [0.717, 1.165) is 5.56 Å². The van der Waals surface area contributed by atoms with E-state index in [4.69, 9.17) is 18.9 Å². The lowest BCUT2D eigenvalue weighted by molar-refractivity contribution is -0.221. The van der Waals surface area contributed by atoms with Crippen molar-refractivity contribution in [1.82, 2.24) is 9.97 Å². The summed E-state index contributed by atoms with van der Waals surface area (Å²) in [5.41, 5.74) is 1.95. The van der Waals surface area contributed by atoms with E-state index in [9.17, 15) is 5.26 Å². The Morgan fingerprint density at radius 3 is 2.57 bits per heavy atom. The van der Waals surface area contributed by atoms with Gasteiger partial charge < -0.3 is 18.9 Å². The van der Waals surface area contributed by atoms with Crippen LogP contribution in [0.3, 0.4) is 0 Å². The van der Waals surface area contributed by atoms with Gasteiger partial charge in [-0.05, 0) is 31.9 Å². The van der Waals surface area contributed by atoms with Crippen LogP contribution in [0.1, 0.15) is 36.8 Å². The minimum absolute atomic E-state index is 0.385. The van der Waals surface area contributed by atoms with Gasteiger partial charge in [0.2, 0.25) is 0 Å². The van der Waals surface area contributed by atoms with Crippen LogP contribution in [0.5, 0.6) is 0 Å². The van der Waals surface area contributed by atoms with Gasteiger partial charge in [0.1, 0.15) is 35.0 Å². The zero-order valence-electron chi connectivity index (χ0n) is 17.2.